The predicted octanol–water partition coefficient (Wildman–Crippen LogP) is 12.0. The fourth-order valence-electron chi connectivity index (χ4n) is 8.82. The molecule has 392 valence electrons. The third-order valence-corrected chi connectivity index (χ3v) is 14.2. The van der Waals surface area contributed by atoms with Gasteiger partial charge in [-0.05, 0) is 12.8 Å². The molecule has 0 aromatic carbocycles. The van der Waals surface area contributed by atoms with Crippen LogP contribution in [0.25, 0.3) is 0 Å². The Bertz CT molecular complexity index is 1160. The molecule has 1 fully saturated rings. The lowest BCUT2D eigenvalue weighted by molar-refractivity contribution is -0.220. The van der Waals surface area contributed by atoms with Crippen LogP contribution in [0, 0.1) is 0 Å². The van der Waals surface area contributed by atoms with Crippen LogP contribution < -0.4 is 0 Å². The number of unbranched alkanes of at least 4 members (excludes halogenated alkanes) is 35. The van der Waals surface area contributed by atoms with Crippen molar-refractivity contribution >= 4 is 19.8 Å². The van der Waals surface area contributed by atoms with E-state index in [1.807, 2.05) is 0 Å². The van der Waals surface area contributed by atoms with Crippen molar-refractivity contribution in [2.45, 2.75) is 307 Å². The zero-order valence-corrected chi connectivity index (χ0v) is 42.9. The Balaban J connectivity index is 2.35. The normalized spacial score (nSPS) is 21.2. The average Bonchev–Trinajstić information content (AvgIpc) is 3.30. The molecule has 0 saturated heterocycles. The third-order valence-electron chi connectivity index (χ3n) is 13.2. The Kier molecular flexibility index (Phi) is 40.7. The first-order valence-corrected chi connectivity index (χ1v) is 28.8. The number of rotatable bonds is 47. The van der Waals surface area contributed by atoms with Crippen molar-refractivity contribution in [3.63, 3.8) is 0 Å². The average molecular weight is 965 g/mol. The highest BCUT2D eigenvalue weighted by molar-refractivity contribution is 7.47. The van der Waals surface area contributed by atoms with Gasteiger partial charge in [-0.1, -0.05) is 239 Å². The smallest absolute Gasteiger partial charge is 0.462 e. The van der Waals surface area contributed by atoms with Gasteiger partial charge in [0.15, 0.2) is 6.10 Å². The number of hydrogen-bond donors (Lipinski definition) is 6. The molecule has 13 nitrogen and oxygen atoms in total. The van der Waals surface area contributed by atoms with Gasteiger partial charge in [-0.2, -0.15) is 0 Å². The Morgan fingerprint density at radius 2 is 0.682 bits per heavy atom. The van der Waals surface area contributed by atoms with Gasteiger partial charge in [-0.3, -0.25) is 18.6 Å². The monoisotopic (exact) mass is 965 g/mol. The fourth-order valence-corrected chi connectivity index (χ4v) is 9.79. The molecule has 1 aliphatic carbocycles. The number of carbonyl (C=O) groups is 2. The minimum absolute atomic E-state index is 0.106. The molecule has 0 aromatic rings. The second-order valence-corrected chi connectivity index (χ2v) is 20.9. The number of phosphoric ester groups is 1. The highest BCUT2D eigenvalue weighted by Gasteiger charge is 2.51. The standard InChI is InChI=1S/C52H101O13P/c1-3-5-7-9-11-13-15-17-19-21-23-25-27-29-31-33-35-37-39-41-46(54)64-44(43-63-66(60,61)65-52-50(58)48(56)47(55)49(57)51(52)59)42-62-45(53)40-38-36-34-32-30-28-26-24-22-20-18-16-14-12-10-8-6-4-2/h44,47-52,55-59H,3-43H2,1-2H3,(H,60,61). The van der Waals surface area contributed by atoms with Gasteiger partial charge in [0.2, 0.25) is 0 Å². The first kappa shape index (κ1) is 62.9. The van der Waals surface area contributed by atoms with Crippen LogP contribution in [-0.4, -0.2) is 98.3 Å². The van der Waals surface area contributed by atoms with E-state index in [1.54, 1.807) is 0 Å². The molecule has 1 saturated carbocycles. The molecule has 6 atom stereocenters. The molecule has 6 unspecified atom stereocenters. The van der Waals surface area contributed by atoms with Crippen LogP contribution in [0.3, 0.4) is 0 Å². The van der Waals surface area contributed by atoms with Gasteiger partial charge in [-0.25, -0.2) is 4.57 Å². The lowest BCUT2D eigenvalue weighted by Gasteiger charge is -2.41. The molecule has 6 N–H and O–H groups in total. The van der Waals surface area contributed by atoms with Crippen LogP contribution in [0.5, 0.6) is 0 Å². The van der Waals surface area contributed by atoms with E-state index in [-0.39, 0.29) is 12.8 Å². The molecule has 0 bridgehead atoms. The Hall–Kier alpha value is -1.15. The predicted molar refractivity (Wildman–Crippen MR) is 263 cm³/mol. The van der Waals surface area contributed by atoms with Crippen LogP contribution in [0.1, 0.15) is 264 Å². The largest absolute Gasteiger partial charge is 0.472 e. The second-order valence-electron chi connectivity index (χ2n) is 19.5. The van der Waals surface area contributed by atoms with Crippen LogP contribution in [-0.2, 0) is 32.7 Å². The van der Waals surface area contributed by atoms with Crippen LogP contribution in [0.15, 0.2) is 0 Å². The van der Waals surface area contributed by atoms with Gasteiger partial charge >= 0.3 is 19.8 Å². The highest BCUT2D eigenvalue weighted by atomic mass is 31.2. The number of phosphoric acid groups is 1. The van der Waals surface area contributed by atoms with Gasteiger partial charge < -0.3 is 39.9 Å². The summed E-state index contributed by atoms with van der Waals surface area (Å²) in [5.74, 6) is -1.08. The number of carbonyl (C=O) groups excluding carboxylic acids is 2. The summed E-state index contributed by atoms with van der Waals surface area (Å²) in [5.41, 5.74) is 0. The minimum atomic E-state index is -5.12. The maximum absolute atomic E-state index is 12.9. The number of aliphatic hydroxyl groups excluding tert-OH is 5. The molecule has 66 heavy (non-hydrogen) atoms. The first-order chi connectivity index (χ1) is 31.9. The summed E-state index contributed by atoms with van der Waals surface area (Å²) in [6.45, 7) is 3.36. The van der Waals surface area contributed by atoms with Crippen molar-refractivity contribution in [1.29, 1.82) is 0 Å². The molecule has 0 radical (unpaired) electrons. The van der Waals surface area contributed by atoms with Crippen molar-refractivity contribution in [2.24, 2.45) is 0 Å². The van der Waals surface area contributed by atoms with E-state index >= 15 is 0 Å². The summed E-state index contributed by atoms with van der Waals surface area (Å²) in [5, 5.41) is 50.3. The quantitative estimate of drug-likeness (QED) is 0.0191. The van der Waals surface area contributed by atoms with Crippen molar-refractivity contribution < 1.29 is 63.1 Å². The Labute approximate surface area is 401 Å². The molecule has 0 amide bonds. The van der Waals surface area contributed by atoms with E-state index in [9.17, 15) is 44.6 Å². The molecule has 14 heteroatoms. The van der Waals surface area contributed by atoms with Gasteiger partial charge in [0.1, 0.15) is 43.2 Å². The third kappa shape index (κ3) is 34.2. The molecule has 0 heterocycles. The maximum atomic E-state index is 12.9. The fraction of sp³-hybridized carbons (Fsp3) is 0.962. The molecule has 1 rings (SSSR count). The molecule has 0 aromatic heterocycles. The first-order valence-electron chi connectivity index (χ1n) is 27.3. The van der Waals surface area contributed by atoms with Gasteiger partial charge in [0.25, 0.3) is 0 Å². The maximum Gasteiger partial charge on any atom is 0.472 e. The van der Waals surface area contributed by atoms with Gasteiger partial charge in [0, 0.05) is 12.8 Å². The van der Waals surface area contributed by atoms with E-state index in [2.05, 4.69) is 13.8 Å². The van der Waals surface area contributed by atoms with Crippen molar-refractivity contribution in [3.8, 4) is 0 Å². The number of ether oxygens (including phenoxy) is 2. The lowest BCUT2D eigenvalue weighted by Crippen LogP contribution is -2.64. The zero-order valence-electron chi connectivity index (χ0n) is 42.0. The number of hydrogen-bond acceptors (Lipinski definition) is 12. The van der Waals surface area contributed by atoms with E-state index in [1.165, 1.54) is 186 Å². The van der Waals surface area contributed by atoms with E-state index in [4.69, 9.17) is 18.5 Å². The summed E-state index contributed by atoms with van der Waals surface area (Å²) >= 11 is 0. The SMILES string of the molecule is CCCCCCCCCCCCCCCCCCCCCC(=O)OC(COC(=O)CCCCCCCCCCCCCCCCCCCC)COP(=O)(O)OC1C(O)C(O)C(O)C(O)C1O. The summed E-state index contributed by atoms with van der Waals surface area (Å²) in [6.07, 6.45) is 32.9. The van der Waals surface area contributed by atoms with E-state index in [0.29, 0.717) is 12.8 Å². The van der Waals surface area contributed by atoms with Crippen LogP contribution >= 0.6 is 7.82 Å². The summed E-state index contributed by atoms with van der Waals surface area (Å²) in [6, 6.07) is 0. The van der Waals surface area contributed by atoms with Crippen LogP contribution in [0.4, 0.5) is 0 Å². The van der Waals surface area contributed by atoms with Gasteiger partial charge in [-0.15, -0.1) is 0 Å². The second kappa shape index (κ2) is 42.7. The highest BCUT2D eigenvalue weighted by Crippen LogP contribution is 2.47. The van der Waals surface area contributed by atoms with E-state index in [0.717, 1.165) is 38.5 Å². The Morgan fingerprint density at radius 3 is 1.00 bits per heavy atom. The summed E-state index contributed by atoms with van der Waals surface area (Å²) in [7, 11) is -5.12. The molecule has 0 aliphatic heterocycles. The number of esters is 2. The molecule has 1 aliphatic rings. The zero-order chi connectivity index (χ0) is 48.5. The number of aliphatic hydroxyl groups is 5. The summed E-state index contributed by atoms with van der Waals surface area (Å²) < 4.78 is 33.7. The summed E-state index contributed by atoms with van der Waals surface area (Å²) in [4.78, 5) is 35.9. The van der Waals surface area contributed by atoms with Crippen LogP contribution in [0.2, 0.25) is 0 Å². The molecular formula is C52H101O13P. The minimum Gasteiger partial charge on any atom is -0.462 e. The Morgan fingerprint density at radius 1 is 0.409 bits per heavy atom. The topological polar surface area (TPSA) is 210 Å². The van der Waals surface area contributed by atoms with Crippen molar-refractivity contribution in [1.82, 2.24) is 0 Å². The molecular weight excluding hydrogens is 864 g/mol. The lowest BCUT2D eigenvalue weighted by atomic mass is 9.85. The van der Waals surface area contributed by atoms with E-state index < -0.39 is 75.7 Å². The van der Waals surface area contributed by atoms with Gasteiger partial charge in [0.05, 0.1) is 6.61 Å². The van der Waals surface area contributed by atoms with Crippen molar-refractivity contribution in [2.75, 3.05) is 13.2 Å². The molecule has 0 spiro atoms. The van der Waals surface area contributed by atoms with Crippen molar-refractivity contribution in [3.05, 3.63) is 0 Å².